The predicted molar refractivity (Wildman–Crippen MR) is 78.0 cm³/mol. The molecule has 0 aromatic heterocycles. The molecule has 0 unspecified atom stereocenters. The Morgan fingerprint density at radius 1 is 1.26 bits per heavy atom. The molecule has 19 heavy (non-hydrogen) atoms. The average Bonchev–Trinajstić information content (AvgIpc) is 2.38. The highest BCUT2D eigenvalue weighted by Gasteiger charge is 2.15. The minimum Gasteiger partial charge on any atom is -0.466 e. The van der Waals surface area contributed by atoms with E-state index in [1.165, 1.54) is 45.2 Å². The molecule has 2 N–H and O–H groups in total. The Balaban J connectivity index is 1.87. The van der Waals surface area contributed by atoms with E-state index in [0.29, 0.717) is 19.1 Å². The molecular formula is C15H30N2O2. The molecule has 1 rings (SSSR count). The van der Waals surface area contributed by atoms with E-state index < -0.39 is 0 Å². The van der Waals surface area contributed by atoms with Crippen molar-refractivity contribution in [1.82, 2.24) is 4.90 Å². The molecule has 1 atom stereocenters. The number of hydrogen-bond acceptors (Lipinski definition) is 4. The average molecular weight is 270 g/mol. The van der Waals surface area contributed by atoms with Crippen molar-refractivity contribution in [3.05, 3.63) is 0 Å². The van der Waals surface area contributed by atoms with Gasteiger partial charge in [-0.05, 0) is 45.7 Å². The molecule has 112 valence electrons. The number of rotatable bonds is 9. The second-order valence-corrected chi connectivity index (χ2v) is 5.53. The highest BCUT2D eigenvalue weighted by molar-refractivity contribution is 5.69. The van der Waals surface area contributed by atoms with Crippen LogP contribution in [0.25, 0.3) is 0 Å². The van der Waals surface area contributed by atoms with Gasteiger partial charge in [-0.25, -0.2) is 0 Å². The molecular weight excluding hydrogens is 240 g/mol. The summed E-state index contributed by atoms with van der Waals surface area (Å²) in [7, 11) is 0. The molecule has 1 aliphatic rings. The molecule has 0 radical (unpaired) electrons. The number of unbranched alkanes of at least 4 members (excludes halogenated alkanes) is 4. The van der Waals surface area contributed by atoms with Crippen LogP contribution in [0.5, 0.6) is 0 Å². The van der Waals surface area contributed by atoms with Crippen LogP contribution >= 0.6 is 0 Å². The third-order valence-corrected chi connectivity index (χ3v) is 3.70. The summed E-state index contributed by atoms with van der Waals surface area (Å²) >= 11 is 0. The molecule has 0 aromatic carbocycles. The van der Waals surface area contributed by atoms with Crippen molar-refractivity contribution in [2.45, 2.75) is 64.3 Å². The monoisotopic (exact) mass is 270 g/mol. The summed E-state index contributed by atoms with van der Waals surface area (Å²) in [4.78, 5) is 13.6. The lowest BCUT2D eigenvalue weighted by atomic mass is 10.1. The summed E-state index contributed by atoms with van der Waals surface area (Å²) in [5.41, 5.74) is 5.96. The predicted octanol–water partition coefficient (Wildman–Crippen LogP) is 2.31. The zero-order valence-electron chi connectivity index (χ0n) is 12.4. The van der Waals surface area contributed by atoms with E-state index >= 15 is 0 Å². The number of likely N-dealkylation sites (tertiary alicyclic amines) is 1. The van der Waals surface area contributed by atoms with E-state index in [4.69, 9.17) is 10.5 Å². The standard InChI is InChI=1S/C15H30N2O2/c1-2-19-15(18)10-6-4-3-5-7-11-17-12-8-9-14(16)13-17/h14H,2-13,16H2,1H3/t14-/m1/s1. The molecule has 0 bridgehead atoms. The van der Waals surface area contributed by atoms with Gasteiger partial charge in [0.1, 0.15) is 0 Å². The van der Waals surface area contributed by atoms with Crippen LogP contribution in [0.1, 0.15) is 58.3 Å². The first-order valence-corrected chi connectivity index (χ1v) is 7.86. The number of carbonyl (C=O) groups is 1. The molecule has 0 amide bonds. The summed E-state index contributed by atoms with van der Waals surface area (Å²) in [6.45, 7) is 5.83. The quantitative estimate of drug-likeness (QED) is 0.516. The number of esters is 1. The Kier molecular flexibility index (Phi) is 8.84. The van der Waals surface area contributed by atoms with Gasteiger partial charge in [-0.1, -0.05) is 19.3 Å². The Morgan fingerprint density at radius 3 is 2.74 bits per heavy atom. The first-order valence-electron chi connectivity index (χ1n) is 7.86. The van der Waals surface area contributed by atoms with Crippen molar-refractivity contribution < 1.29 is 9.53 Å². The smallest absolute Gasteiger partial charge is 0.305 e. The maximum absolute atomic E-state index is 11.1. The minimum absolute atomic E-state index is 0.0511. The van der Waals surface area contributed by atoms with Crippen LogP contribution < -0.4 is 5.73 Å². The third kappa shape index (κ3) is 8.22. The van der Waals surface area contributed by atoms with Gasteiger partial charge in [0.05, 0.1) is 6.61 Å². The number of piperidine rings is 1. The maximum atomic E-state index is 11.1. The molecule has 0 saturated carbocycles. The highest BCUT2D eigenvalue weighted by atomic mass is 16.5. The number of nitrogens with zero attached hydrogens (tertiary/aromatic N) is 1. The van der Waals surface area contributed by atoms with E-state index in [0.717, 1.165) is 19.4 Å². The molecule has 1 aliphatic heterocycles. The number of ether oxygens (including phenoxy) is 1. The fourth-order valence-corrected chi connectivity index (χ4v) is 2.66. The summed E-state index contributed by atoms with van der Waals surface area (Å²) < 4.78 is 4.90. The molecule has 1 saturated heterocycles. The van der Waals surface area contributed by atoms with Crippen molar-refractivity contribution in [3.8, 4) is 0 Å². The van der Waals surface area contributed by atoms with Gasteiger partial charge in [-0.15, -0.1) is 0 Å². The first-order chi connectivity index (χ1) is 9.22. The minimum atomic E-state index is -0.0511. The van der Waals surface area contributed by atoms with Gasteiger partial charge < -0.3 is 15.4 Å². The lowest BCUT2D eigenvalue weighted by molar-refractivity contribution is -0.143. The van der Waals surface area contributed by atoms with Crippen LogP contribution in [-0.4, -0.2) is 43.2 Å². The van der Waals surface area contributed by atoms with Gasteiger partial charge in [0, 0.05) is 19.0 Å². The maximum Gasteiger partial charge on any atom is 0.305 e. The van der Waals surface area contributed by atoms with Crippen LogP contribution in [0.15, 0.2) is 0 Å². The van der Waals surface area contributed by atoms with Gasteiger partial charge in [-0.2, -0.15) is 0 Å². The topological polar surface area (TPSA) is 55.6 Å². The fraction of sp³-hybridized carbons (Fsp3) is 0.933. The largest absolute Gasteiger partial charge is 0.466 e. The molecule has 0 aromatic rings. The Morgan fingerprint density at radius 2 is 2.00 bits per heavy atom. The summed E-state index contributed by atoms with van der Waals surface area (Å²) in [6, 6.07) is 0.387. The van der Waals surface area contributed by atoms with Crippen LogP contribution in [0.4, 0.5) is 0 Å². The third-order valence-electron chi connectivity index (χ3n) is 3.70. The lowest BCUT2D eigenvalue weighted by Crippen LogP contribution is -2.43. The van der Waals surface area contributed by atoms with E-state index in [9.17, 15) is 4.79 Å². The normalized spacial score (nSPS) is 20.4. The summed E-state index contributed by atoms with van der Waals surface area (Å²) in [6.07, 6.45) is 8.85. The van der Waals surface area contributed by atoms with Gasteiger partial charge in [0.2, 0.25) is 0 Å². The van der Waals surface area contributed by atoms with Crippen molar-refractivity contribution in [3.63, 3.8) is 0 Å². The molecule has 4 heteroatoms. The molecule has 1 heterocycles. The van der Waals surface area contributed by atoms with E-state index in [2.05, 4.69) is 4.90 Å². The van der Waals surface area contributed by atoms with Gasteiger partial charge in [0.25, 0.3) is 0 Å². The van der Waals surface area contributed by atoms with Gasteiger partial charge >= 0.3 is 5.97 Å². The molecule has 4 nitrogen and oxygen atoms in total. The zero-order valence-corrected chi connectivity index (χ0v) is 12.4. The molecule has 0 spiro atoms. The van der Waals surface area contributed by atoms with Gasteiger partial charge in [0.15, 0.2) is 0 Å². The van der Waals surface area contributed by atoms with Crippen LogP contribution in [0.3, 0.4) is 0 Å². The van der Waals surface area contributed by atoms with Crippen molar-refractivity contribution in [1.29, 1.82) is 0 Å². The van der Waals surface area contributed by atoms with Crippen molar-refractivity contribution in [2.24, 2.45) is 5.73 Å². The number of nitrogens with two attached hydrogens (primary N) is 1. The van der Waals surface area contributed by atoms with Crippen LogP contribution in [0, 0.1) is 0 Å². The zero-order chi connectivity index (χ0) is 13.9. The van der Waals surface area contributed by atoms with Crippen molar-refractivity contribution in [2.75, 3.05) is 26.2 Å². The molecule has 0 aliphatic carbocycles. The van der Waals surface area contributed by atoms with E-state index in [1.807, 2.05) is 6.92 Å². The van der Waals surface area contributed by atoms with E-state index in [1.54, 1.807) is 0 Å². The highest BCUT2D eigenvalue weighted by Crippen LogP contribution is 2.11. The first kappa shape index (κ1) is 16.4. The lowest BCUT2D eigenvalue weighted by Gasteiger charge is -2.30. The van der Waals surface area contributed by atoms with Crippen LogP contribution in [0.2, 0.25) is 0 Å². The summed E-state index contributed by atoms with van der Waals surface area (Å²) in [5.74, 6) is -0.0511. The van der Waals surface area contributed by atoms with Crippen molar-refractivity contribution >= 4 is 5.97 Å². The number of hydrogen-bond donors (Lipinski definition) is 1. The Hall–Kier alpha value is -0.610. The molecule has 1 fully saturated rings. The second kappa shape index (κ2) is 10.2. The summed E-state index contributed by atoms with van der Waals surface area (Å²) in [5, 5.41) is 0. The van der Waals surface area contributed by atoms with E-state index in [-0.39, 0.29) is 5.97 Å². The SMILES string of the molecule is CCOC(=O)CCCCCCCN1CCC[C@@H](N)C1. The fourth-order valence-electron chi connectivity index (χ4n) is 2.66. The Bertz CT molecular complexity index is 246. The van der Waals surface area contributed by atoms with Crippen LogP contribution in [-0.2, 0) is 9.53 Å². The van der Waals surface area contributed by atoms with Gasteiger partial charge in [-0.3, -0.25) is 4.79 Å². The number of carbonyl (C=O) groups excluding carboxylic acids is 1. The second-order valence-electron chi connectivity index (χ2n) is 5.53. The Labute approximate surface area is 117 Å².